The van der Waals surface area contributed by atoms with E-state index in [0.29, 0.717) is 18.1 Å². The van der Waals surface area contributed by atoms with Crippen molar-refractivity contribution in [3.8, 4) is 0 Å². The SMILES string of the molecule is CCC(CC)(CN)c1nc2ncccc2o1. The van der Waals surface area contributed by atoms with Crippen LogP contribution in [0.5, 0.6) is 0 Å². The lowest BCUT2D eigenvalue weighted by atomic mass is 9.82. The van der Waals surface area contributed by atoms with Crippen molar-refractivity contribution in [1.29, 1.82) is 0 Å². The topological polar surface area (TPSA) is 64.9 Å². The number of nitrogens with two attached hydrogens (primary N) is 1. The highest BCUT2D eigenvalue weighted by Gasteiger charge is 2.32. The van der Waals surface area contributed by atoms with E-state index in [4.69, 9.17) is 10.2 Å². The fraction of sp³-hybridized carbons (Fsp3) is 0.500. The van der Waals surface area contributed by atoms with Crippen molar-refractivity contribution in [3.05, 3.63) is 24.2 Å². The van der Waals surface area contributed by atoms with E-state index in [2.05, 4.69) is 23.8 Å². The molecule has 2 aromatic heterocycles. The lowest BCUT2D eigenvalue weighted by Gasteiger charge is -2.25. The molecule has 86 valence electrons. The van der Waals surface area contributed by atoms with Gasteiger partial charge in [-0.2, -0.15) is 4.98 Å². The van der Waals surface area contributed by atoms with Crippen LogP contribution in [0.1, 0.15) is 32.6 Å². The van der Waals surface area contributed by atoms with E-state index < -0.39 is 0 Å². The third-order valence-electron chi connectivity index (χ3n) is 3.36. The molecule has 0 spiro atoms. The van der Waals surface area contributed by atoms with E-state index in [1.165, 1.54) is 0 Å². The number of hydrogen-bond donors (Lipinski definition) is 1. The molecule has 2 N–H and O–H groups in total. The minimum atomic E-state index is -0.152. The van der Waals surface area contributed by atoms with Gasteiger partial charge >= 0.3 is 0 Å². The van der Waals surface area contributed by atoms with Gasteiger partial charge in [-0.05, 0) is 25.0 Å². The largest absolute Gasteiger partial charge is 0.438 e. The molecule has 2 rings (SSSR count). The number of pyridine rings is 1. The smallest absolute Gasteiger partial charge is 0.204 e. The second-order valence-electron chi connectivity index (χ2n) is 4.04. The van der Waals surface area contributed by atoms with Crippen LogP contribution in [0.4, 0.5) is 0 Å². The molecule has 0 atom stereocenters. The van der Waals surface area contributed by atoms with Gasteiger partial charge in [0.15, 0.2) is 11.2 Å². The van der Waals surface area contributed by atoms with Crippen molar-refractivity contribution in [2.24, 2.45) is 5.73 Å². The number of nitrogens with zero attached hydrogens (tertiary/aromatic N) is 2. The summed E-state index contributed by atoms with van der Waals surface area (Å²) in [5, 5.41) is 0. The van der Waals surface area contributed by atoms with Crippen LogP contribution in [0, 0.1) is 0 Å². The standard InChI is InChI=1S/C12H17N3O/c1-3-12(4-2,8-13)11-15-10-9(16-11)6-5-7-14-10/h5-7H,3-4,8,13H2,1-2H3. The minimum Gasteiger partial charge on any atom is -0.438 e. The molecule has 0 aliphatic heterocycles. The summed E-state index contributed by atoms with van der Waals surface area (Å²) in [6, 6.07) is 3.73. The van der Waals surface area contributed by atoms with Crippen molar-refractivity contribution in [2.45, 2.75) is 32.1 Å². The summed E-state index contributed by atoms with van der Waals surface area (Å²) in [6.07, 6.45) is 3.57. The van der Waals surface area contributed by atoms with Crippen LogP contribution in [0.3, 0.4) is 0 Å². The molecular weight excluding hydrogens is 202 g/mol. The van der Waals surface area contributed by atoms with E-state index in [1.807, 2.05) is 12.1 Å². The van der Waals surface area contributed by atoms with Gasteiger partial charge in [0.05, 0.1) is 5.41 Å². The molecule has 4 heteroatoms. The molecule has 0 amide bonds. The van der Waals surface area contributed by atoms with E-state index in [-0.39, 0.29) is 5.41 Å². The van der Waals surface area contributed by atoms with Crippen LogP contribution in [-0.4, -0.2) is 16.5 Å². The first-order valence-corrected chi connectivity index (χ1v) is 5.68. The van der Waals surface area contributed by atoms with Gasteiger partial charge < -0.3 is 10.2 Å². The zero-order valence-electron chi connectivity index (χ0n) is 9.73. The zero-order valence-corrected chi connectivity index (χ0v) is 9.73. The van der Waals surface area contributed by atoms with Crippen LogP contribution in [0.2, 0.25) is 0 Å². The van der Waals surface area contributed by atoms with Crippen LogP contribution in [0.25, 0.3) is 11.2 Å². The average molecular weight is 219 g/mol. The van der Waals surface area contributed by atoms with Gasteiger partial charge in [-0.1, -0.05) is 13.8 Å². The maximum Gasteiger partial charge on any atom is 0.204 e. The molecule has 16 heavy (non-hydrogen) atoms. The molecule has 0 aliphatic carbocycles. The van der Waals surface area contributed by atoms with Gasteiger partial charge in [0.1, 0.15) is 0 Å². The summed E-state index contributed by atoms with van der Waals surface area (Å²) in [6.45, 7) is 4.77. The Kier molecular flexibility index (Phi) is 2.92. The summed E-state index contributed by atoms with van der Waals surface area (Å²) in [7, 11) is 0. The molecule has 0 fully saturated rings. The second kappa shape index (κ2) is 4.22. The van der Waals surface area contributed by atoms with Gasteiger partial charge in [-0.25, -0.2) is 4.98 Å². The van der Waals surface area contributed by atoms with Crippen LogP contribution in [0.15, 0.2) is 22.7 Å². The Morgan fingerprint density at radius 1 is 1.38 bits per heavy atom. The number of aromatic nitrogens is 2. The van der Waals surface area contributed by atoms with Crippen molar-refractivity contribution >= 4 is 11.2 Å². The summed E-state index contributed by atoms with van der Waals surface area (Å²) in [5.41, 5.74) is 7.11. The first kappa shape index (κ1) is 11.1. The van der Waals surface area contributed by atoms with Gasteiger partial charge in [0.25, 0.3) is 0 Å². The normalized spacial score (nSPS) is 12.2. The van der Waals surface area contributed by atoms with E-state index in [0.717, 1.165) is 18.4 Å². The monoisotopic (exact) mass is 219 g/mol. The van der Waals surface area contributed by atoms with Crippen LogP contribution >= 0.6 is 0 Å². The second-order valence-corrected chi connectivity index (χ2v) is 4.04. The molecule has 0 aromatic carbocycles. The lowest BCUT2D eigenvalue weighted by Crippen LogP contribution is -2.34. The maximum absolute atomic E-state index is 5.86. The number of oxazole rings is 1. The van der Waals surface area contributed by atoms with Crippen molar-refractivity contribution in [1.82, 2.24) is 9.97 Å². The van der Waals surface area contributed by atoms with Crippen molar-refractivity contribution in [2.75, 3.05) is 6.54 Å². The Labute approximate surface area is 94.9 Å². The van der Waals surface area contributed by atoms with Crippen molar-refractivity contribution in [3.63, 3.8) is 0 Å². The molecule has 0 saturated carbocycles. The Morgan fingerprint density at radius 3 is 2.69 bits per heavy atom. The molecule has 0 unspecified atom stereocenters. The fourth-order valence-corrected chi connectivity index (χ4v) is 1.92. The zero-order chi connectivity index (χ0) is 11.6. The van der Waals surface area contributed by atoms with Gasteiger partial charge in [0, 0.05) is 12.7 Å². The van der Waals surface area contributed by atoms with Crippen molar-refractivity contribution < 1.29 is 4.42 Å². The summed E-state index contributed by atoms with van der Waals surface area (Å²) >= 11 is 0. The molecule has 0 radical (unpaired) electrons. The van der Waals surface area contributed by atoms with Gasteiger partial charge in [-0.15, -0.1) is 0 Å². The minimum absolute atomic E-state index is 0.152. The number of rotatable bonds is 4. The molecule has 2 heterocycles. The molecule has 2 aromatic rings. The van der Waals surface area contributed by atoms with E-state index >= 15 is 0 Å². The highest BCUT2D eigenvalue weighted by atomic mass is 16.3. The summed E-state index contributed by atoms with van der Waals surface area (Å²) in [4.78, 5) is 8.61. The van der Waals surface area contributed by atoms with E-state index in [9.17, 15) is 0 Å². The maximum atomic E-state index is 5.86. The summed E-state index contributed by atoms with van der Waals surface area (Å²) in [5.74, 6) is 0.716. The first-order chi connectivity index (χ1) is 7.75. The van der Waals surface area contributed by atoms with Gasteiger partial charge in [-0.3, -0.25) is 0 Å². The van der Waals surface area contributed by atoms with Crippen LogP contribution in [-0.2, 0) is 5.41 Å². The molecule has 0 aliphatic rings. The van der Waals surface area contributed by atoms with Crippen LogP contribution < -0.4 is 5.73 Å². The predicted molar refractivity (Wildman–Crippen MR) is 63.1 cm³/mol. The first-order valence-electron chi connectivity index (χ1n) is 5.68. The Morgan fingerprint density at radius 2 is 2.12 bits per heavy atom. The third kappa shape index (κ3) is 1.59. The molecule has 0 bridgehead atoms. The Hall–Kier alpha value is -1.42. The molecular formula is C12H17N3O. The highest BCUT2D eigenvalue weighted by molar-refractivity contribution is 5.67. The molecule has 0 saturated heterocycles. The lowest BCUT2D eigenvalue weighted by molar-refractivity contribution is 0.316. The number of hydrogen-bond acceptors (Lipinski definition) is 4. The average Bonchev–Trinajstić information content (AvgIpc) is 2.76. The molecule has 4 nitrogen and oxygen atoms in total. The Balaban J connectivity index is 2.53. The summed E-state index contributed by atoms with van der Waals surface area (Å²) < 4.78 is 5.75. The quantitative estimate of drug-likeness (QED) is 0.856. The fourth-order valence-electron chi connectivity index (χ4n) is 1.92. The third-order valence-corrected chi connectivity index (χ3v) is 3.36. The van der Waals surface area contributed by atoms with Gasteiger partial charge in [0.2, 0.25) is 5.89 Å². The number of fused-ring (bicyclic) bond motifs is 1. The predicted octanol–water partition coefficient (Wildman–Crippen LogP) is 2.24. The van der Waals surface area contributed by atoms with E-state index in [1.54, 1.807) is 6.20 Å². The highest BCUT2D eigenvalue weighted by Crippen LogP contribution is 2.31. The Bertz CT molecular complexity index is 433.